The number of aromatic nitrogens is 1. The van der Waals surface area contributed by atoms with Crippen LogP contribution in [0.5, 0.6) is 5.75 Å². The number of aliphatic hydroxyl groups excluding tert-OH is 1. The number of aliphatic hydroxyl groups is 1. The Morgan fingerprint density at radius 1 is 1.43 bits per heavy atom. The quantitative estimate of drug-likeness (QED) is 0.877. The fourth-order valence-corrected chi connectivity index (χ4v) is 3.20. The minimum Gasteiger partial charge on any atom is -0.480 e. The van der Waals surface area contributed by atoms with Gasteiger partial charge in [-0.1, -0.05) is 0 Å². The van der Waals surface area contributed by atoms with Gasteiger partial charge in [-0.2, -0.15) is 0 Å². The van der Waals surface area contributed by atoms with E-state index in [9.17, 15) is 14.7 Å². The van der Waals surface area contributed by atoms with Crippen molar-refractivity contribution in [3.05, 3.63) is 18.3 Å². The van der Waals surface area contributed by atoms with Crippen LogP contribution in [0.4, 0.5) is 5.82 Å². The van der Waals surface area contributed by atoms with Gasteiger partial charge in [0, 0.05) is 25.4 Å². The van der Waals surface area contributed by atoms with Gasteiger partial charge in [-0.15, -0.1) is 0 Å². The molecule has 1 N–H and O–H groups in total. The van der Waals surface area contributed by atoms with Crippen LogP contribution in [0.15, 0.2) is 18.3 Å². The highest BCUT2D eigenvalue weighted by atomic mass is 16.5. The zero-order valence-electron chi connectivity index (χ0n) is 13.0. The second-order valence-corrected chi connectivity index (χ2v) is 5.84. The first-order chi connectivity index (χ1) is 11.2. The number of ether oxygens (including phenoxy) is 1. The number of likely N-dealkylation sites (tertiary alicyclic amines) is 1. The van der Waals surface area contributed by atoms with Crippen molar-refractivity contribution in [1.82, 2.24) is 9.88 Å². The van der Waals surface area contributed by atoms with Crippen LogP contribution < -0.4 is 9.64 Å². The molecule has 124 valence electrons. The van der Waals surface area contributed by atoms with E-state index >= 15 is 0 Å². The van der Waals surface area contributed by atoms with Crippen molar-refractivity contribution in [2.24, 2.45) is 0 Å². The molecule has 0 aromatic carbocycles. The fourth-order valence-electron chi connectivity index (χ4n) is 3.20. The second kappa shape index (κ2) is 6.95. The van der Waals surface area contributed by atoms with Gasteiger partial charge < -0.3 is 14.7 Å². The molecule has 0 aliphatic carbocycles. The number of carbonyl (C=O) groups excluding carboxylic acids is 2. The lowest BCUT2D eigenvalue weighted by atomic mass is 9.99. The summed E-state index contributed by atoms with van der Waals surface area (Å²) in [5, 5.41) is 9.18. The summed E-state index contributed by atoms with van der Waals surface area (Å²) in [5.41, 5.74) is 0. The van der Waals surface area contributed by atoms with Crippen LogP contribution >= 0.6 is 0 Å². The largest absolute Gasteiger partial charge is 0.480 e. The lowest BCUT2D eigenvalue weighted by molar-refractivity contribution is -0.135. The molecule has 7 nitrogen and oxygen atoms in total. The zero-order valence-corrected chi connectivity index (χ0v) is 13.0. The molecule has 3 heterocycles. The minimum atomic E-state index is -0.264. The summed E-state index contributed by atoms with van der Waals surface area (Å²) in [4.78, 5) is 32.2. The van der Waals surface area contributed by atoms with E-state index in [1.165, 1.54) is 4.90 Å². The van der Waals surface area contributed by atoms with E-state index in [0.29, 0.717) is 24.5 Å². The number of piperidine rings is 1. The van der Waals surface area contributed by atoms with E-state index in [-0.39, 0.29) is 37.6 Å². The molecule has 7 heteroatoms. The molecule has 2 amide bonds. The van der Waals surface area contributed by atoms with Gasteiger partial charge in [0.05, 0.1) is 0 Å². The summed E-state index contributed by atoms with van der Waals surface area (Å²) >= 11 is 0. The van der Waals surface area contributed by atoms with Gasteiger partial charge in [0.2, 0.25) is 5.91 Å². The molecule has 1 atom stereocenters. The maximum Gasteiger partial charge on any atom is 0.266 e. The highest BCUT2D eigenvalue weighted by Crippen LogP contribution is 2.29. The van der Waals surface area contributed by atoms with Gasteiger partial charge in [-0.05, 0) is 37.8 Å². The molecule has 1 unspecified atom stereocenters. The average molecular weight is 319 g/mol. The molecule has 0 spiro atoms. The number of fused-ring (bicyclic) bond motifs is 1. The molecule has 23 heavy (non-hydrogen) atoms. The van der Waals surface area contributed by atoms with Crippen molar-refractivity contribution in [2.45, 2.75) is 31.7 Å². The third kappa shape index (κ3) is 3.29. The van der Waals surface area contributed by atoms with Crippen LogP contribution in [0.3, 0.4) is 0 Å². The van der Waals surface area contributed by atoms with E-state index < -0.39 is 0 Å². The molecule has 3 rings (SSSR count). The Labute approximate surface area is 134 Å². The summed E-state index contributed by atoms with van der Waals surface area (Å²) in [6.45, 7) is 0.632. The molecule has 0 radical (unpaired) electrons. The number of anilines is 1. The van der Waals surface area contributed by atoms with Crippen molar-refractivity contribution in [1.29, 1.82) is 0 Å². The normalized spacial score (nSPS) is 20.9. The standard InChI is InChI=1S/C16H21N3O4/c20-9-6-12-4-1-2-8-18(12)14(21)10-19-15(22)11-23-13-5-3-7-17-16(13)19/h3,5,7,12,20H,1-2,4,6,8-11H2. The molecule has 1 fully saturated rings. The Morgan fingerprint density at radius 3 is 3.13 bits per heavy atom. The molecular formula is C16H21N3O4. The highest BCUT2D eigenvalue weighted by Gasteiger charge is 2.32. The monoisotopic (exact) mass is 319 g/mol. The van der Waals surface area contributed by atoms with E-state index in [1.54, 1.807) is 23.2 Å². The number of pyridine rings is 1. The molecule has 1 saturated heterocycles. The van der Waals surface area contributed by atoms with Gasteiger partial charge in [-0.3, -0.25) is 14.5 Å². The maximum absolute atomic E-state index is 12.7. The number of nitrogens with zero attached hydrogens (tertiary/aromatic N) is 3. The topological polar surface area (TPSA) is 83.0 Å². The predicted molar refractivity (Wildman–Crippen MR) is 83.1 cm³/mol. The Morgan fingerprint density at radius 2 is 2.30 bits per heavy atom. The molecule has 1 aromatic rings. The number of carbonyl (C=O) groups is 2. The molecular weight excluding hydrogens is 298 g/mol. The first-order valence-electron chi connectivity index (χ1n) is 7.99. The second-order valence-electron chi connectivity index (χ2n) is 5.84. The first kappa shape index (κ1) is 15.7. The average Bonchev–Trinajstić information content (AvgIpc) is 2.58. The molecule has 0 saturated carbocycles. The summed E-state index contributed by atoms with van der Waals surface area (Å²) < 4.78 is 5.34. The van der Waals surface area contributed by atoms with Gasteiger partial charge in [0.1, 0.15) is 6.54 Å². The van der Waals surface area contributed by atoms with Crippen LogP contribution in [0, 0.1) is 0 Å². The summed E-state index contributed by atoms with van der Waals surface area (Å²) in [7, 11) is 0. The van der Waals surface area contributed by atoms with Crippen molar-refractivity contribution in [3.8, 4) is 5.75 Å². The summed E-state index contributed by atoms with van der Waals surface area (Å²) in [6, 6.07) is 3.53. The lowest BCUT2D eigenvalue weighted by Gasteiger charge is -2.37. The zero-order chi connectivity index (χ0) is 16.2. The SMILES string of the molecule is O=C1COc2cccnc2N1CC(=O)N1CCCCC1CCO. The van der Waals surface area contributed by atoms with Crippen LogP contribution in [0.1, 0.15) is 25.7 Å². The van der Waals surface area contributed by atoms with Gasteiger partial charge in [0.15, 0.2) is 18.2 Å². The lowest BCUT2D eigenvalue weighted by Crippen LogP contribution is -2.51. The van der Waals surface area contributed by atoms with E-state index in [4.69, 9.17) is 4.74 Å². The Kier molecular flexibility index (Phi) is 4.76. The third-order valence-electron chi connectivity index (χ3n) is 4.36. The van der Waals surface area contributed by atoms with E-state index in [0.717, 1.165) is 19.3 Å². The molecule has 0 bridgehead atoms. The number of amides is 2. The molecule has 2 aliphatic heterocycles. The van der Waals surface area contributed by atoms with Gasteiger partial charge >= 0.3 is 0 Å². The minimum absolute atomic E-state index is 0.0336. The van der Waals surface area contributed by atoms with Gasteiger partial charge in [-0.25, -0.2) is 4.98 Å². The molecule has 2 aliphatic rings. The van der Waals surface area contributed by atoms with Crippen molar-refractivity contribution < 1.29 is 19.4 Å². The summed E-state index contributed by atoms with van der Waals surface area (Å²) in [6.07, 6.45) is 5.08. The van der Waals surface area contributed by atoms with Crippen molar-refractivity contribution in [2.75, 3.05) is 31.2 Å². The maximum atomic E-state index is 12.7. The molecule has 1 aromatic heterocycles. The third-order valence-corrected chi connectivity index (χ3v) is 4.36. The first-order valence-corrected chi connectivity index (χ1v) is 7.99. The number of hydrogen-bond donors (Lipinski definition) is 1. The predicted octanol–water partition coefficient (Wildman–Crippen LogP) is 0.570. The van der Waals surface area contributed by atoms with Crippen molar-refractivity contribution >= 4 is 17.6 Å². The number of hydrogen-bond acceptors (Lipinski definition) is 5. The van der Waals surface area contributed by atoms with Crippen LogP contribution in [-0.2, 0) is 9.59 Å². The van der Waals surface area contributed by atoms with Crippen LogP contribution in [0.2, 0.25) is 0 Å². The van der Waals surface area contributed by atoms with Crippen LogP contribution in [-0.4, -0.2) is 59.1 Å². The van der Waals surface area contributed by atoms with Gasteiger partial charge in [0.25, 0.3) is 5.91 Å². The highest BCUT2D eigenvalue weighted by molar-refractivity contribution is 6.01. The van der Waals surface area contributed by atoms with Crippen molar-refractivity contribution in [3.63, 3.8) is 0 Å². The Bertz CT molecular complexity index is 590. The number of rotatable bonds is 4. The van der Waals surface area contributed by atoms with Crippen LogP contribution in [0.25, 0.3) is 0 Å². The van der Waals surface area contributed by atoms with E-state index in [1.807, 2.05) is 0 Å². The Balaban J connectivity index is 1.75. The Hall–Kier alpha value is -2.15. The van der Waals surface area contributed by atoms with E-state index in [2.05, 4.69) is 4.98 Å². The fraction of sp³-hybridized carbons (Fsp3) is 0.562. The smallest absolute Gasteiger partial charge is 0.266 e. The summed E-state index contributed by atoms with van der Waals surface area (Å²) in [5.74, 6) is 0.550.